The van der Waals surface area contributed by atoms with Crippen molar-refractivity contribution in [2.45, 2.75) is 37.8 Å². The van der Waals surface area contributed by atoms with Crippen molar-refractivity contribution in [1.29, 1.82) is 0 Å². The van der Waals surface area contributed by atoms with Crippen molar-refractivity contribution in [3.8, 4) is 0 Å². The molecule has 10 nitrogen and oxygen atoms in total. The van der Waals surface area contributed by atoms with E-state index in [4.69, 9.17) is 11.5 Å². The summed E-state index contributed by atoms with van der Waals surface area (Å²) in [7, 11) is 1.80. The van der Waals surface area contributed by atoms with E-state index in [0.717, 1.165) is 25.7 Å². The largest absolute Gasteiger partial charge is 0.365 e. The standard InChI is InChI=1S/C20H28FN9O/c1-24-6-7-26-30-14-9-12(21)8-13(10-14)27-19-15(18(23)31)11-25-20(29-19)28-17-5-3-2-4-16(17)22/h7-11,16-17,24,30H,2-6,22H2,1H3,(H2,23,31)(H2,25,27,28,29)/p+1/b26-7-/t16-,17+/m0/s1. The summed E-state index contributed by atoms with van der Waals surface area (Å²) >= 11 is 0. The number of aromatic nitrogens is 2. The number of halogens is 1. The molecule has 1 heterocycles. The van der Waals surface area contributed by atoms with Crippen LogP contribution < -0.4 is 32.8 Å². The van der Waals surface area contributed by atoms with Crippen molar-refractivity contribution in [2.24, 2.45) is 16.6 Å². The molecule has 9 N–H and O–H groups in total. The quantitative estimate of drug-likeness (QED) is 0.146. The predicted octanol–water partition coefficient (Wildman–Crippen LogP) is 0.540. The van der Waals surface area contributed by atoms with Gasteiger partial charge in [0, 0.05) is 42.6 Å². The van der Waals surface area contributed by atoms with Gasteiger partial charge in [-0.3, -0.25) is 4.79 Å². The van der Waals surface area contributed by atoms with E-state index >= 15 is 0 Å². The van der Waals surface area contributed by atoms with E-state index in [0.29, 0.717) is 23.9 Å². The second-order valence-electron chi connectivity index (χ2n) is 7.44. The van der Waals surface area contributed by atoms with Gasteiger partial charge in [-0.2, -0.15) is 10.4 Å². The van der Waals surface area contributed by atoms with E-state index < -0.39 is 11.7 Å². The Labute approximate surface area is 180 Å². The molecule has 1 aromatic heterocycles. The number of nitrogens with zero attached hydrogens (tertiary/aromatic N) is 3. The smallest absolute Gasteiger partial charge is 0.254 e. The van der Waals surface area contributed by atoms with E-state index in [9.17, 15) is 9.18 Å². The molecule has 0 aliphatic heterocycles. The first-order valence-electron chi connectivity index (χ1n) is 10.2. The van der Waals surface area contributed by atoms with E-state index in [1.807, 2.05) is 0 Å². The van der Waals surface area contributed by atoms with Gasteiger partial charge in [0.15, 0.2) is 5.69 Å². The van der Waals surface area contributed by atoms with Crippen LogP contribution >= 0.6 is 0 Å². The maximum absolute atomic E-state index is 14.1. The molecule has 0 radical (unpaired) electrons. The van der Waals surface area contributed by atoms with Gasteiger partial charge in [0.05, 0.1) is 6.21 Å². The Morgan fingerprint density at radius 1 is 1.35 bits per heavy atom. The monoisotopic (exact) mass is 430 g/mol. The number of benzene rings is 1. The summed E-state index contributed by atoms with van der Waals surface area (Å²) in [6.07, 6.45) is 7.05. The van der Waals surface area contributed by atoms with Gasteiger partial charge in [0.1, 0.15) is 17.2 Å². The van der Waals surface area contributed by atoms with E-state index in [1.54, 1.807) is 19.3 Å². The Morgan fingerprint density at radius 2 is 2.16 bits per heavy atom. The Morgan fingerprint density at radius 3 is 2.90 bits per heavy atom. The highest BCUT2D eigenvalue weighted by atomic mass is 19.1. The van der Waals surface area contributed by atoms with Crippen molar-refractivity contribution in [2.75, 3.05) is 24.2 Å². The highest BCUT2D eigenvalue weighted by molar-refractivity contribution is 5.98. The summed E-state index contributed by atoms with van der Waals surface area (Å²) < 4.78 is 14.1. The molecule has 0 saturated heterocycles. The van der Waals surface area contributed by atoms with E-state index in [1.165, 1.54) is 23.8 Å². The molecule has 1 aliphatic carbocycles. The minimum atomic E-state index is -0.691. The molecule has 1 amide bonds. The van der Waals surface area contributed by atoms with Crippen molar-refractivity contribution in [1.82, 2.24) is 15.3 Å². The lowest BCUT2D eigenvalue weighted by Gasteiger charge is -2.29. The number of primary amides is 1. The first-order chi connectivity index (χ1) is 15.0. The summed E-state index contributed by atoms with van der Waals surface area (Å²) in [6.45, 7) is 0.597. The van der Waals surface area contributed by atoms with Crippen LogP contribution in [0.4, 0.5) is 27.5 Å². The van der Waals surface area contributed by atoms with Gasteiger partial charge in [-0.25, -0.2) is 9.37 Å². The highest BCUT2D eigenvalue weighted by Gasteiger charge is 2.23. The highest BCUT2D eigenvalue weighted by Crippen LogP contribution is 2.24. The number of nitrogens with two attached hydrogens (primary N) is 3. The van der Waals surface area contributed by atoms with Crippen LogP contribution in [0.5, 0.6) is 0 Å². The predicted molar refractivity (Wildman–Crippen MR) is 118 cm³/mol. The summed E-state index contributed by atoms with van der Waals surface area (Å²) in [6, 6.07) is 4.40. The Kier molecular flexibility index (Phi) is 7.82. The number of amides is 1. The van der Waals surface area contributed by atoms with Crippen LogP contribution in [0.3, 0.4) is 0 Å². The minimum Gasteiger partial charge on any atom is -0.365 e. The fourth-order valence-corrected chi connectivity index (χ4v) is 3.41. The molecule has 0 spiro atoms. The van der Waals surface area contributed by atoms with Gasteiger partial charge < -0.3 is 27.4 Å². The van der Waals surface area contributed by atoms with Crippen molar-refractivity contribution in [3.63, 3.8) is 0 Å². The molecule has 3 rings (SSSR count). The van der Waals surface area contributed by atoms with Crippen molar-refractivity contribution < 1.29 is 14.6 Å². The molecule has 11 heteroatoms. The molecule has 1 aliphatic rings. The van der Waals surface area contributed by atoms with Gasteiger partial charge in [-0.05, 0) is 26.0 Å². The number of rotatable bonds is 9. The van der Waals surface area contributed by atoms with Crippen LogP contribution in [0.15, 0.2) is 29.5 Å². The topological polar surface area (TPSA) is 160 Å². The molecule has 1 fully saturated rings. The molecule has 2 aromatic rings. The van der Waals surface area contributed by atoms with E-state index in [-0.39, 0.29) is 23.5 Å². The molecular weight excluding hydrogens is 401 g/mol. The summed E-state index contributed by atoms with van der Waals surface area (Å²) in [5.74, 6) is -0.635. The molecule has 1 aromatic carbocycles. The first kappa shape index (κ1) is 22.5. The fourth-order valence-electron chi connectivity index (χ4n) is 3.41. The van der Waals surface area contributed by atoms with Crippen molar-refractivity contribution >= 4 is 35.3 Å². The molecule has 0 bridgehead atoms. The zero-order chi connectivity index (χ0) is 22.2. The van der Waals surface area contributed by atoms with Crippen LogP contribution in [0.1, 0.15) is 36.0 Å². The van der Waals surface area contributed by atoms with Gasteiger partial charge >= 0.3 is 0 Å². The van der Waals surface area contributed by atoms with Crippen LogP contribution in [0, 0.1) is 5.82 Å². The summed E-state index contributed by atoms with van der Waals surface area (Å²) in [4.78, 5) is 20.5. The molecular formula is C20H29FN9O+. The molecule has 1 saturated carbocycles. The van der Waals surface area contributed by atoms with Gasteiger partial charge in [-0.15, -0.1) is 0 Å². The normalized spacial score (nSPS) is 18.8. The maximum Gasteiger partial charge on any atom is 0.254 e. The Bertz CT molecular complexity index is 937. The van der Waals surface area contributed by atoms with Crippen LogP contribution in [0.25, 0.3) is 0 Å². The fraction of sp³-hybridized carbons (Fsp3) is 0.400. The number of hydrogen-bond donors (Lipinski definition) is 6. The second-order valence-corrected chi connectivity index (χ2v) is 7.44. The Balaban J connectivity index is 1.82. The number of quaternary nitrogens is 1. The Hall–Kier alpha value is -3.15. The minimum absolute atomic E-state index is 0.00866. The number of nitrogens with one attached hydrogen (secondary N) is 3. The SMILES string of the molecule is CNC/C=N\[NH2+]c1cc(F)cc(Nc2nc(N[C@@H]3CCCC[C@@H]3N)ncc2C(N)=O)c1. The van der Waals surface area contributed by atoms with Gasteiger partial charge in [0.2, 0.25) is 5.95 Å². The number of anilines is 3. The van der Waals surface area contributed by atoms with Crippen LogP contribution in [-0.2, 0) is 0 Å². The third-order valence-corrected chi connectivity index (χ3v) is 5.00. The third-order valence-electron chi connectivity index (χ3n) is 5.00. The average molecular weight is 431 g/mol. The lowest BCUT2D eigenvalue weighted by molar-refractivity contribution is -0.577. The third kappa shape index (κ3) is 6.41. The van der Waals surface area contributed by atoms with E-state index in [2.05, 4.69) is 31.0 Å². The van der Waals surface area contributed by atoms with Crippen LogP contribution in [-0.4, -0.2) is 47.8 Å². The summed E-state index contributed by atoms with van der Waals surface area (Å²) in [5, 5.41) is 13.3. The molecule has 166 valence electrons. The molecule has 2 atom stereocenters. The van der Waals surface area contributed by atoms with Crippen molar-refractivity contribution in [3.05, 3.63) is 35.8 Å². The lowest BCUT2D eigenvalue weighted by atomic mass is 9.91. The lowest BCUT2D eigenvalue weighted by Crippen LogP contribution is -2.71. The number of carbonyl (C=O) groups excluding carboxylic acids is 1. The van der Waals surface area contributed by atoms with Gasteiger partial charge in [-0.1, -0.05) is 17.9 Å². The zero-order valence-electron chi connectivity index (χ0n) is 17.4. The molecule has 0 unspecified atom stereocenters. The maximum atomic E-state index is 14.1. The van der Waals surface area contributed by atoms with Crippen LogP contribution in [0.2, 0.25) is 0 Å². The molecule has 31 heavy (non-hydrogen) atoms. The number of hydrogen-bond acceptors (Lipinski definition) is 8. The average Bonchev–Trinajstić information content (AvgIpc) is 2.72. The second kappa shape index (κ2) is 10.8. The van der Waals surface area contributed by atoms with Gasteiger partial charge in [0.25, 0.3) is 5.91 Å². The summed E-state index contributed by atoms with van der Waals surface area (Å²) in [5.41, 5.74) is 14.3. The number of carbonyl (C=O) groups is 1. The first-order valence-corrected chi connectivity index (χ1v) is 10.2. The zero-order valence-corrected chi connectivity index (χ0v) is 17.4.